The maximum atomic E-state index is 12.4. The number of halogens is 1. The zero-order valence-corrected chi connectivity index (χ0v) is 8.64. The van der Waals surface area contributed by atoms with E-state index < -0.39 is 17.7 Å². The number of nitrogens with two attached hydrogens (primary N) is 2. The number of hydrogen-bond donors (Lipinski definition) is 4. The molecule has 5 nitrogen and oxygen atoms in total. The number of carbonyl (C=O) groups excluding carboxylic acids is 1. The summed E-state index contributed by atoms with van der Waals surface area (Å²) in [5.41, 5.74) is 9.88. The van der Waals surface area contributed by atoms with Crippen LogP contribution in [0.3, 0.4) is 0 Å². The van der Waals surface area contributed by atoms with E-state index in [-0.39, 0.29) is 18.7 Å². The van der Waals surface area contributed by atoms with Gasteiger partial charge in [0, 0.05) is 13.1 Å². The van der Waals surface area contributed by atoms with Crippen molar-refractivity contribution in [2.24, 2.45) is 11.5 Å². The lowest BCUT2D eigenvalue weighted by atomic mass is 10.2. The van der Waals surface area contributed by atoms with E-state index in [1.807, 2.05) is 0 Å². The Bertz CT molecular complexity index is 330. The van der Waals surface area contributed by atoms with Gasteiger partial charge in [-0.2, -0.15) is 0 Å². The highest BCUT2D eigenvalue weighted by molar-refractivity contribution is 5.78. The fraction of sp³-hybridized carbons (Fsp3) is 0.300. The van der Waals surface area contributed by atoms with Crippen molar-refractivity contribution in [2.45, 2.75) is 6.10 Å². The van der Waals surface area contributed by atoms with E-state index >= 15 is 0 Å². The Morgan fingerprint density at radius 3 is 2.25 bits per heavy atom. The van der Waals surface area contributed by atoms with Gasteiger partial charge in [0.25, 0.3) is 0 Å². The van der Waals surface area contributed by atoms with Gasteiger partial charge >= 0.3 is 0 Å². The maximum Gasteiger partial charge on any atom is 0.165 e. The number of phenols is 1. The monoisotopic (exact) mass is 230 g/mol. The van der Waals surface area contributed by atoms with Crippen LogP contribution in [0, 0.1) is 5.82 Å². The standard InChI is InChI=1S/C7H5FO2.C3H10N2O/c8-6-3-1-2-5(4-9)7(6)10;4-1-3(6)2-5/h1-4,10H;3,6H,1-2,4-5H2. The molecule has 0 bridgehead atoms. The summed E-state index contributed by atoms with van der Waals surface area (Å²) in [5.74, 6) is -1.36. The summed E-state index contributed by atoms with van der Waals surface area (Å²) in [7, 11) is 0. The summed E-state index contributed by atoms with van der Waals surface area (Å²) >= 11 is 0. The minimum Gasteiger partial charge on any atom is -0.504 e. The molecule has 6 heteroatoms. The largest absolute Gasteiger partial charge is 0.504 e. The molecule has 6 N–H and O–H groups in total. The molecule has 0 atom stereocenters. The first-order chi connectivity index (χ1) is 7.56. The Labute approximate surface area is 92.5 Å². The number of aldehydes is 1. The van der Waals surface area contributed by atoms with Gasteiger partial charge in [0.05, 0.1) is 11.7 Å². The Hall–Kier alpha value is -1.50. The van der Waals surface area contributed by atoms with E-state index in [1.54, 1.807) is 0 Å². The Balaban J connectivity index is 0.000000325. The van der Waals surface area contributed by atoms with Gasteiger partial charge in [-0.3, -0.25) is 4.79 Å². The summed E-state index contributed by atoms with van der Waals surface area (Å²) in [6.07, 6.45) is -0.108. The smallest absolute Gasteiger partial charge is 0.165 e. The number of carbonyl (C=O) groups is 1. The molecule has 0 radical (unpaired) electrons. The zero-order valence-electron chi connectivity index (χ0n) is 8.64. The molecule has 90 valence electrons. The van der Waals surface area contributed by atoms with Crippen LogP contribution in [-0.2, 0) is 0 Å². The molecule has 1 aromatic carbocycles. The first kappa shape index (κ1) is 14.5. The molecule has 0 fully saturated rings. The number of benzene rings is 1. The molecule has 0 unspecified atom stereocenters. The maximum absolute atomic E-state index is 12.4. The minimum atomic E-state index is -0.774. The molecule has 0 amide bonds. The lowest BCUT2D eigenvalue weighted by molar-refractivity contribution is 0.112. The first-order valence-corrected chi connectivity index (χ1v) is 4.57. The molecule has 1 aromatic rings. The number of aliphatic hydroxyl groups is 1. The second-order valence-electron chi connectivity index (χ2n) is 2.92. The van der Waals surface area contributed by atoms with Crippen LogP contribution in [-0.4, -0.2) is 35.7 Å². The van der Waals surface area contributed by atoms with Crippen molar-refractivity contribution in [1.82, 2.24) is 0 Å². The summed E-state index contributed by atoms with van der Waals surface area (Å²) < 4.78 is 12.4. The van der Waals surface area contributed by atoms with Crippen LogP contribution < -0.4 is 11.5 Å². The molecule has 0 aliphatic rings. The van der Waals surface area contributed by atoms with E-state index in [1.165, 1.54) is 12.1 Å². The molecule has 0 spiro atoms. The zero-order chi connectivity index (χ0) is 12.6. The van der Waals surface area contributed by atoms with Crippen molar-refractivity contribution < 1.29 is 19.4 Å². The van der Waals surface area contributed by atoms with E-state index in [0.717, 1.165) is 6.07 Å². The van der Waals surface area contributed by atoms with Crippen LogP contribution in [0.15, 0.2) is 18.2 Å². The molecular formula is C10H15FN2O3. The second-order valence-corrected chi connectivity index (χ2v) is 2.92. The van der Waals surface area contributed by atoms with Gasteiger partial charge in [-0.15, -0.1) is 0 Å². The molecule has 0 aromatic heterocycles. The third kappa shape index (κ3) is 4.83. The van der Waals surface area contributed by atoms with Crippen molar-refractivity contribution in [1.29, 1.82) is 0 Å². The fourth-order valence-electron chi connectivity index (χ4n) is 0.723. The molecule has 0 heterocycles. The second kappa shape index (κ2) is 7.75. The van der Waals surface area contributed by atoms with Gasteiger partial charge in [0.2, 0.25) is 0 Å². The third-order valence-electron chi connectivity index (χ3n) is 1.69. The third-order valence-corrected chi connectivity index (χ3v) is 1.69. The predicted octanol–water partition coefficient (Wildman–Crippen LogP) is -0.391. The predicted molar refractivity (Wildman–Crippen MR) is 57.6 cm³/mol. The summed E-state index contributed by atoms with van der Waals surface area (Å²) in [5, 5.41) is 17.2. The van der Waals surface area contributed by atoms with E-state index in [0.29, 0.717) is 6.29 Å². The highest BCUT2D eigenvalue weighted by Gasteiger charge is 2.03. The van der Waals surface area contributed by atoms with Gasteiger partial charge in [-0.25, -0.2) is 4.39 Å². The van der Waals surface area contributed by atoms with E-state index in [4.69, 9.17) is 21.7 Å². The van der Waals surface area contributed by atoms with Crippen LogP contribution >= 0.6 is 0 Å². The van der Waals surface area contributed by atoms with Crippen LogP contribution in [0.25, 0.3) is 0 Å². The normalized spacial score (nSPS) is 9.56. The van der Waals surface area contributed by atoms with Crippen molar-refractivity contribution in [3.05, 3.63) is 29.6 Å². The summed E-state index contributed by atoms with van der Waals surface area (Å²) in [6.45, 7) is 0.521. The Morgan fingerprint density at radius 2 is 1.94 bits per heavy atom. The van der Waals surface area contributed by atoms with Crippen molar-refractivity contribution in [3.8, 4) is 5.75 Å². The Kier molecular flexibility index (Phi) is 7.02. The lowest BCUT2D eigenvalue weighted by Gasteiger charge is -1.98. The number of phenolic OH excluding ortho intramolecular Hbond substituents is 1. The summed E-state index contributed by atoms with van der Waals surface area (Å²) in [6, 6.07) is 3.78. The molecule has 0 aliphatic carbocycles. The molecule has 16 heavy (non-hydrogen) atoms. The van der Waals surface area contributed by atoms with Gasteiger partial charge in [-0.1, -0.05) is 6.07 Å². The SMILES string of the molecule is NCC(O)CN.O=Cc1cccc(F)c1O. The van der Waals surface area contributed by atoms with Gasteiger partial charge in [0.15, 0.2) is 17.9 Å². The molecule has 0 saturated heterocycles. The first-order valence-electron chi connectivity index (χ1n) is 4.57. The molecule has 0 aliphatic heterocycles. The highest BCUT2D eigenvalue weighted by atomic mass is 19.1. The molecule has 1 rings (SSSR count). The number of aliphatic hydroxyl groups excluding tert-OH is 1. The van der Waals surface area contributed by atoms with Crippen LogP contribution in [0.2, 0.25) is 0 Å². The number of aromatic hydroxyl groups is 1. The van der Waals surface area contributed by atoms with Crippen molar-refractivity contribution in [2.75, 3.05) is 13.1 Å². The lowest BCUT2D eigenvalue weighted by Crippen LogP contribution is -2.27. The van der Waals surface area contributed by atoms with Crippen LogP contribution in [0.5, 0.6) is 5.75 Å². The van der Waals surface area contributed by atoms with Gasteiger partial charge in [-0.05, 0) is 12.1 Å². The Morgan fingerprint density at radius 1 is 1.38 bits per heavy atom. The minimum absolute atomic E-state index is 0.0278. The average Bonchev–Trinajstić information content (AvgIpc) is 2.32. The van der Waals surface area contributed by atoms with Gasteiger partial charge in [0.1, 0.15) is 0 Å². The highest BCUT2D eigenvalue weighted by Crippen LogP contribution is 2.17. The summed E-state index contributed by atoms with van der Waals surface area (Å²) in [4.78, 5) is 10.1. The quantitative estimate of drug-likeness (QED) is 0.529. The number of rotatable bonds is 3. The van der Waals surface area contributed by atoms with Crippen LogP contribution in [0.4, 0.5) is 4.39 Å². The molecular weight excluding hydrogens is 215 g/mol. The van der Waals surface area contributed by atoms with Gasteiger partial charge < -0.3 is 21.7 Å². The van der Waals surface area contributed by atoms with E-state index in [9.17, 15) is 9.18 Å². The fourth-order valence-corrected chi connectivity index (χ4v) is 0.723. The van der Waals surface area contributed by atoms with E-state index in [2.05, 4.69) is 0 Å². The topological polar surface area (TPSA) is 110 Å². The van der Waals surface area contributed by atoms with Crippen molar-refractivity contribution in [3.63, 3.8) is 0 Å². The van der Waals surface area contributed by atoms with Crippen molar-refractivity contribution >= 4 is 6.29 Å². The van der Waals surface area contributed by atoms with Crippen LogP contribution in [0.1, 0.15) is 10.4 Å². The number of hydrogen-bond acceptors (Lipinski definition) is 5. The molecule has 0 saturated carbocycles. The number of para-hydroxylation sites is 1. The average molecular weight is 230 g/mol.